The first-order chi connectivity index (χ1) is 17.4. The third-order valence-electron chi connectivity index (χ3n) is 8.35. The minimum Gasteiger partial charge on any atom is -0.363 e. The third-order valence-corrected chi connectivity index (χ3v) is 8.35. The highest BCUT2D eigenvalue weighted by Gasteiger charge is 2.61. The van der Waals surface area contributed by atoms with Gasteiger partial charge in [0.05, 0.1) is 6.04 Å². The fourth-order valence-corrected chi connectivity index (χ4v) is 6.77. The Morgan fingerprint density at radius 3 is 2.57 bits per heavy atom. The maximum absolute atomic E-state index is 2.65. The highest BCUT2D eigenvalue weighted by atomic mass is 15.3. The zero-order chi connectivity index (χ0) is 22.9. The van der Waals surface area contributed by atoms with E-state index >= 15 is 0 Å². The first-order valence-corrected chi connectivity index (χ1v) is 12.7. The second-order valence-corrected chi connectivity index (χ2v) is 10.1. The van der Waals surface area contributed by atoms with Crippen molar-refractivity contribution in [2.75, 3.05) is 6.54 Å². The van der Waals surface area contributed by atoms with Crippen molar-refractivity contribution in [2.24, 2.45) is 5.92 Å². The molecule has 2 nitrogen and oxygen atoms in total. The van der Waals surface area contributed by atoms with Crippen molar-refractivity contribution in [3.63, 3.8) is 0 Å². The predicted octanol–water partition coefficient (Wildman–Crippen LogP) is 7.14. The monoisotopic (exact) mass is 450 g/mol. The highest BCUT2D eigenvalue weighted by molar-refractivity contribution is 5.77. The lowest BCUT2D eigenvalue weighted by atomic mass is 9.88. The lowest BCUT2D eigenvalue weighted by molar-refractivity contribution is 0.348. The van der Waals surface area contributed by atoms with Gasteiger partial charge in [0.1, 0.15) is 0 Å². The van der Waals surface area contributed by atoms with Crippen LogP contribution in [0.3, 0.4) is 0 Å². The van der Waals surface area contributed by atoms with E-state index in [9.17, 15) is 0 Å². The molecule has 4 unspecified atom stereocenters. The summed E-state index contributed by atoms with van der Waals surface area (Å²) in [5, 5.41) is 0. The minimum atomic E-state index is 0.258. The van der Waals surface area contributed by atoms with Crippen LogP contribution in [0.2, 0.25) is 0 Å². The molecule has 8 rings (SSSR count). The number of hydrogen-bond donors (Lipinski definition) is 0. The van der Waals surface area contributed by atoms with E-state index in [-0.39, 0.29) is 6.04 Å². The summed E-state index contributed by atoms with van der Waals surface area (Å²) < 4.78 is 0. The van der Waals surface area contributed by atoms with Crippen LogP contribution in [0.15, 0.2) is 121 Å². The Balaban J connectivity index is 1.27. The van der Waals surface area contributed by atoms with E-state index in [1.165, 1.54) is 44.8 Å². The molecule has 0 saturated heterocycles. The fraction of sp³-hybridized carbons (Fsp3) is 0.152. The van der Waals surface area contributed by atoms with Gasteiger partial charge in [-0.15, -0.1) is 0 Å². The van der Waals surface area contributed by atoms with Gasteiger partial charge in [-0.3, -0.25) is 0 Å². The molecule has 0 N–H and O–H groups in total. The van der Waals surface area contributed by atoms with Crippen LogP contribution in [0.25, 0.3) is 22.9 Å². The normalized spacial score (nSPS) is 26.6. The third kappa shape index (κ3) is 2.77. The van der Waals surface area contributed by atoms with Crippen molar-refractivity contribution in [1.82, 2.24) is 9.80 Å². The smallest absolute Gasteiger partial charge is 0.0775 e. The molecule has 0 bridgehead atoms. The summed E-state index contributed by atoms with van der Waals surface area (Å²) in [6.07, 6.45) is 18.3. The summed E-state index contributed by atoms with van der Waals surface area (Å²) in [6, 6.07) is 27.6. The number of allylic oxidation sites excluding steroid dienone is 4. The number of hydrogen-bond acceptors (Lipinski definition) is 2. The molecule has 1 fully saturated rings. The van der Waals surface area contributed by atoms with Crippen LogP contribution in [0, 0.1) is 5.92 Å². The number of benzene rings is 3. The summed E-state index contributed by atoms with van der Waals surface area (Å²) in [4.78, 5) is 5.17. The molecule has 1 aliphatic carbocycles. The van der Waals surface area contributed by atoms with Gasteiger partial charge in [-0.25, -0.2) is 0 Å². The Kier molecular flexibility index (Phi) is 3.98. The number of fused-ring (bicyclic) bond motifs is 9. The minimum absolute atomic E-state index is 0.258. The van der Waals surface area contributed by atoms with Crippen LogP contribution in [-0.4, -0.2) is 22.4 Å². The van der Waals surface area contributed by atoms with Gasteiger partial charge in [-0.2, -0.15) is 0 Å². The van der Waals surface area contributed by atoms with Gasteiger partial charge in [0.15, 0.2) is 0 Å². The molecule has 0 spiro atoms. The topological polar surface area (TPSA) is 6.48 Å². The van der Waals surface area contributed by atoms with Gasteiger partial charge in [0.2, 0.25) is 0 Å². The van der Waals surface area contributed by atoms with Crippen molar-refractivity contribution in [2.45, 2.75) is 18.0 Å². The van der Waals surface area contributed by atoms with E-state index in [4.69, 9.17) is 0 Å². The van der Waals surface area contributed by atoms with Gasteiger partial charge in [-0.1, -0.05) is 91.0 Å². The van der Waals surface area contributed by atoms with Gasteiger partial charge < -0.3 is 9.80 Å². The first kappa shape index (κ1) is 19.3. The van der Waals surface area contributed by atoms with Crippen molar-refractivity contribution < 1.29 is 0 Å². The Hall–Kier alpha value is -4.04. The number of rotatable bonds is 2. The Labute approximate surface area is 206 Å². The number of nitrogens with zero attached hydrogens (tertiary/aromatic N) is 2. The molecular formula is C33H26N2. The van der Waals surface area contributed by atoms with E-state index < -0.39 is 0 Å². The molecule has 2 heteroatoms. The SMILES string of the molecule is C1=CCN2C(=C1)c1ccccc1C1C(C3=Cc4cc(-c5ccccc5)ccc4C4C=CC=CN34)C12. The molecule has 4 heterocycles. The predicted molar refractivity (Wildman–Crippen MR) is 143 cm³/mol. The summed E-state index contributed by atoms with van der Waals surface area (Å²) >= 11 is 0. The van der Waals surface area contributed by atoms with E-state index in [2.05, 4.69) is 131 Å². The van der Waals surface area contributed by atoms with E-state index in [0.29, 0.717) is 17.9 Å². The molecule has 0 amide bonds. The molecule has 0 radical (unpaired) electrons. The van der Waals surface area contributed by atoms with Crippen molar-refractivity contribution >= 4 is 11.8 Å². The summed E-state index contributed by atoms with van der Waals surface area (Å²) in [7, 11) is 0. The molecule has 35 heavy (non-hydrogen) atoms. The van der Waals surface area contributed by atoms with Crippen molar-refractivity contribution in [1.29, 1.82) is 0 Å². The second-order valence-electron chi connectivity index (χ2n) is 10.1. The van der Waals surface area contributed by atoms with Crippen LogP contribution in [0.4, 0.5) is 0 Å². The van der Waals surface area contributed by atoms with Crippen LogP contribution in [0.1, 0.15) is 34.2 Å². The van der Waals surface area contributed by atoms with Crippen LogP contribution in [0.5, 0.6) is 0 Å². The second kappa shape index (κ2) is 7.23. The van der Waals surface area contributed by atoms with Crippen LogP contribution >= 0.6 is 0 Å². The zero-order valence-corrected chi connectivity index (χ0v) is 19.5. The summed E-state index contributed by atoms with van der Waals surface area (Å²) in [5.74, 6) is 1.03. The van der Waals surface area contributed by atoms with Crippen LogP contribution in [-0.2, 0) is 0 Å². The molecule has 3 aromatic rings. The summed E-state index contributed by atoms with van der Waals surface area (Å²) in [6.45, 7) is 0.999. The molecular weight excluding hydrogens is 424 g/mol. The maximum atomic E-state index is 2.65. The molecule has 4 atom stereocenters. The van der Waals surface area contributed by atoms with E-state index in [1.807, 2.05) is 0 Å². The first-order valence-electron chi connectivity index (χ1n) is 12.7. The fourth-order valence-electron chi connectivity index (χ4n) is 6.77. The van der Waals surface area contributed by atoms with Gasteiger partial charge >= 0.3 is 0 Å². The quantitative estimate of drug-likeness (QED) is 0.409. The lowest BCUT2D eigenvalue weighted by Gasteiger charge is -2.38. The zero-order valence-electron chi connectivity index (χ0n) is 19.5. The molecule has 3 aromatic carbocycles. The average Bonchev–Trinajstić information content (AvgIpc) is 3.69. The van der Waals surface area contributed by atoms with Gasteiger partial charge in [0.25, 0.3) is 0 Å². The van der Waals surface area contributed by atoms with Crippen molar-refractivity contribution in [3.8, 4) is 11.1 Å². The molecule has 0 aromatic heterocycles. The Bertz CT molecular complexity index is 1500. The summed E-state index contributed by atoms with van der Waals surface area (Å²) in [5.41, 5.74) is 11.1. The molecule has 168 valence electrons. The standard InChI is InChI=1S/C33H26N2/c1-2-10-22(11-3-1)23-16-17-25-24(20-23)21-30(34-18-8-6-14-28(25)34)32-31-27-13-5-4-12-26(27)29-15-7-9-19-35(29)33(31)32/h1-18,20-21,28,31-33H,19H2. The Morgan fingerprint density at radius 2 is 1.63 bits per heavy atom. The average molecular weight is 451 g/mol. The van der Waals surface area contributed by atoms with Gasteiger partial charge in [-0.05, 0) is 52.1 Å². The van der Waals surface area contributed by atoms with Gasteiger partial charge in [0, 0.05) is 47.6 Å². The highest BCUT2D eigenvalue weighted by Crippen LogP contribution is 2.63. The molecule has 4 aliphatic heterocycles. The van der Waals surface area contributed by atoms with E-state index in [1.54, 1.807) is 0 Å². The largest absolute Gasteiger partial charge is 0.363 e. The van der Waals surface area contributed by atoms with Crippen LogP contribution < -0.4 is 0 Å². The molecule has 5 aliphatic rings. The lowest BCUT2D eigenvalue weighted by Crippen LogP contribution is -2.33. The Morgan fingerprint density at radius 1 is 0.743 bits per heavy atom. The van der Waals surface area contributed by atoms with Crippen molar-refractivity contribution in [3.05, 3.63) is 143 Å². The molecule has 1 saturated carbocycles. The van der Waals surface area contributed by atoms with E-state index in [0.717, 1.165) is 6.54 Å². The maximum Gasteiger partial charge on any atom is 0.0775 e.